The lowest BCUT2D eigenvalue weighted by Gasteiger charge is -2.11. The molecule has 2 amide bonds. The molecule has 0 radical (unpaired) electrons. The summed E-state index contributed by atoms with van der Waals surface area (Å²) in [5.74, 6) is 0.0304. The summed E-state index contributed by atoms with van der Waals surface area (Å²) in [6, 6.07) is 11.5. The second-order valence-electron chi connectivity index (χ2n) is 6.74. The van der Waals surface area contributed by atoms with Crippen molar-refractivity contribution in [1.29, 1.82) is 0 Å². The van der Waals surface area contributed by atoms with Crippen LogP contribution in [0.3, 0.4) is 0 Å². The number of anilines is 1. The van der Waals surface area contributed by atoms with Gasteiger partial charge < -0.3 is 15.4 Å². The summed E-state index contributed by atoms with van der Waals surface area (Å²) in [5, 5.41) is 9.37. The van der Waals surface area contributed by atoms with Crippen LogP contribution in [-0.2, 0) is 16.0 Å². The fourth-order valence-corrected chi connectivity index (χ4v) is 5.06. The Morgan fingerprint density at radius 1 is 1.17 bits per heavy atom. The first-order valence-corrected chi connectivity index (χ1v) is 11.3. The molecule has 0 spiro atoms. The quantitative estimate of drug-likeness (QED) is 0.444. The van der Waals surface area contributed by atoms with Gasteiger partial charge in [-0.1, -0.05) is 25.1 Å². The van der Waals surface area contributed by atoms with E-state index in [4.69, 9.17) is 4.74 Å². The predicted molar refractivity (Wildman–Crippen MR) is 123 cm³/mol. The molecule has 154 valence electrons. The van der Waals surface area contributed by atoms with Crippen LogP contribution >= 0.6 is 22.7 Å². The molecule has 0 atom stereocenters. The number of ether oxygens (including phenoxy) is 1. The van der Waals surface area contributed by atoms with Gasteiger partial charge in [-0.2, -0.15) is 0 Å². The van der Waals surface area contributed by atoms with Gasteiger partial charge in [0.05, 0.1) is 26.5 Å². The Bertz CT molecular complexity index is 1230. The molecule has 0 unspecified atom stereocenters. The van der Waals surface area contributed by atoms with Crippen LogP contribution in [0.2, 0.25) is 0 Å². The summed E-state index contributed by atoms with van der Waals surface area (Å²) in [6.45, 7) is 3.73. The number of aryl methyl sites for hydroxylation is 2. The summed E-state index contributed by atoms with van der Waals surface area (Å²) in [5.41, 5.74) is 2.79. The van der Waals surface area contributed by atoms with E-state index in [1.165, 1.54) is 0 Å². The molecule has 30 heavy (non-hydrogen) atoms. The molecule has 0 aliphatic carbocycles. The lowest BCUT2D eigenvalue weighted by Crippen LogP contribution is -2.35. The van der Waals surface area contributed by atoms with E-state index < -0.39 is 0 Å². The zero-order chi connectivity index (χ0) is 21.1. The summed E-state index contributed by atoms with van der Waals surface area (Å²) in [6.07, 6.45) is 0.817. The van der Waals surface area contributed by atoms with E-state index in [0.29, 0.717) is 5.75 Å². The Hall–Kier alpha value is -2.97. The van der Waals surface area contributed by atoms with Crippen LogP contribution in [0.5, 0.6) is 5.75 Å². The molecule has 0 aliphatic heterocycles. The van der Waals surface area contributed by atoms with Gasteiger partial charge in [0.15, 0.2) is 6.61 Å². The molecular weight excluding hydrogens is 418 g/mol. The Morgan fingerprint density at radius 2 is 2.00 bits per heavy atom. The second-order valence-corrected chi connectivity index (χ2v) is 8.89. The van der Waals surface area contributed by atoms with Crippen LogP contribution in [0, 0.1) is 6.92 Å². The van der Waals surface area contributed by atoms with E-state index in [0.717, 1.165) is 43.0 Å². The van der Waals surface area contributed by atoms with Crippen molar-refractivity contribution >= 4 is 60.5 Å². The summed E-state index contributed by atoms with van der Waals surface area (Å²) >= 11 is 3.21. The van der Waals surface area contributed by atoms with Gasteiger partial charge in [0.2, 0.25) is 5.91 Å². The molecule has 0 saturated heterocycles. The maximum Gasteiger partial charge on any atom is 0.258 e. The van der Waals surface area contributed by atoms with Gasteiger partial charge in [-0.15, -0.1) is 22.7 Å². The van der Waals surface area contributed by atoms with E-state index in [-0.39, 0.29) is 25.0 Å². The van der Waals surface area contributed by atoms with Crippen LogP contribution in [0.1, 0.15) is 17.5 Å². The average Bonchev–Trinajstić information content (AvgIpc) is 3.36. The fraction of sp³-hybridized carbons (Fsp3) is 0.227. The second kappa shape index (κ2) is 8.81. The standard InChI is InChI=1S/C22H21N3O3S2/c1-3-14-6-4-5-7-16(14)25-19(26)11-23-20(27)12-28-17-10-18-21(24-13(2)30-18)22-15(17)8-9-29-22/h4-10H,3,11-12H2,1-2H3,(H,23,27)(H,25,26). The van der Waals surface area contributed by atoms with Crippen LogP contribution in [0.4, 0.5) is 5.69 Å². The highest BCUT2D eigenvalue weighted by atomic mass is 32.1. The molecule has 0 fully saturated rings. The van der Waals surface area contributed by atoms with E-state index in [9.17, 15) is 9.59 Å². The number of hydrogen-bond donors (Lipinski definition) is 2. The van der Waals surface area contributed by atoms with Gasteiger partial charge in [-0.05, 0) is 36.4 Å². The highest BCUT2D eigenvalue weighted by molar-refractivity contribution is 7.21. The van der Waals surface area contributed by atoms with Crippen LogP contribution in [0.25, 0.3) is 20.3 Å². The van der Waals surface area contributed by atoms with Crippen molar-refractivity contribution < 1.29 is 14.3 Å². The van der Waals surface area contributed by atoms with Gasteiger partial charge in [0.25, 0.3) is 5.91 Å². The minimum absolute atomic E-state index is 0.110. The Balaban J connectivity index is 1.36. The van der Waals surface area contributed by atoms with Crippen molar-refractivity contribution in [2.24, 2.45) is 0 Å². The third kappa shape index (κ3) is 4.29. The van der Waals surface area contributed by atoms with Gasteiger partial charge in [-0.3, -0.25) is 9.59 Å². The highest BCUT2D eigenvalue weighted by Gasteiger charge is 2.14. The van der Waals surface area contributed by atoms with Crippen LogP contribution < -0.4 is 15.4 Å². The molecule has 2 aromatic carbocycles. The van der Waals surface area contributed by atoms with Crippen LogP contribution in [-0.4, -0.2) is 29.9 Å². The van der Waals surface area contributed by atoms with Gasteiger partial charge >= 0.3 is 0 Å². The highest BCUT2D eigenvalue weighted by Crippen LogP contribution is 2.38. The number of rotatable bonds is 7. The fourth-order valence-electron chi connectivity index (χ4n) is 3.22. The summed E-state index contributed by atoms with van der Waals surface area (Å²) < 4.78 is 7.88. The minimum Gasteiger partial charge on any atom is -0.483 e. The maximum atomic E-state index is 12.2. The minimum atomic E-state index is -0.349. The number of nitrogens with one attached hydrogen (secondary N) is 2. The first-order valence-electron chi connectivity index (χ1n) is 9.59. The third-order valence-electron chi connectivity index (χ3n) is 4.65. The lowest BCUT2D eigenvalue weighted by atomic mass is 10.1. The molecule has 4 rings (SSSR count). The molecule has 4 aromatic rings. The largest absolute Gasteiger partial charge is 0.483 e. The van der Waals surface area contributed by atoms with Crippen molar-refractivity contribution in [2.45, 2.75) is 20.3 Å². The number of aromatic nitrogens is 1. The summed E-state index contributed by atoms with van der Waals surface area (Å²) in [4.78, 5) is 29.0. The Morgan fingerprint density at radius 3 is 2.83 bits per heavy atom. The van der Waals surface area contributed by atoms with Crippen molar-refractivity contribution in [3.05, 3.63) is 52.3 Å². The van der Waals surface area contributed by atoms with E-state index in [2.05, 4.69) is 15.6 Å². The molecule has 0 saturated carbocycles. The zero-order valence-electron chi connectivity index (χ0n) is 16.7. The number of carbonyl (C=O) groups excluding carboxylic acids is 2. The molecule has 2 heterocycles. The van der Waals surface area contributed by atoms with E-state index >= 15 is 0 Å². The Labute approximate surface area is 181 Å². The van der Waals surface area contributed by atoms with Crippen molar-refractivity contribution in [1.82, 2.24) is 10.3 Å². The number of amides is 2. The molecule has 0 aliphatic rings. The average molecular weight is 440 g/mol. The molecule has 8 heteroatoms. The first-order chi connectivity index (χ1) is 14.5. The predicted octanol–water partition coefficient (Wildman–Crippen LogP) is 4.52. The molecule has 0 bridgehead atoms. The molecule has 6 nitrogen and oxygen atoms in total. The lowest BCUT2D eigenvalue weighted by molar-refractivity contribution is -0.125. The van der Waals surface area contributed by atoms with Crippen LogP contribution in [0.15, 0.2) is 41.8 Å². The number of hydrogen-bond acceptors (Lipinski definition) is 6. The third-order valence-corrected chi connectivity index (χ3v) is 6.48. The number of carbonyl (C=O) groups is 2. The number of thiazole rings is 1. The van der Waals surface area contributed by atoms with Gasteiger partial charge in [0.1, 0.15) is 5.75 Å². The monoisotopic (exact) mass is 439 g/mol. The number of para-hydroxylation sites is 1. The SMILES string of the molecule is CCc1ccccc1NC(=O)CNC(=O)COc1cc2sc(C)nc2c2sccc12. The van der Waals surface area contributed by atoms with Crippen molar-refractivity contribution in [2.75, 3.05) is 18.5 Å². The topological polar surface area (TPSA) is 80.3 Å². The zero-order valence-corrected chi connectivity index (χ0v) is 18.3. The number of thiophene rings is 1. The molecule has 2 N–H and O–H groups in total. The van der Waals surface area contributed by atoms with Crippen molar-refractivity contribution in [3.63, 3.8) is 0 Å². The van der Waals surface area contributed by atoms with Gasteiger partial charge in [-0.25, -0.2) is 4.98 Å². The number of fused-ring (bicyclic) bond motifs is 3. The van der Waals surface area contributed by atoms with E-state index in [1.54, 1.807) is 22.7 Å². The smallest absolute Gasteiger partial charge is 0.258 e. The van der Waals surface area contributed by atoms with Gasteiger partial charge in [0, 0.05) is 17.1 Å². The summed E-state index contributed by atoms with van der Waals surface area (Å²) in [7, 11) is 0. The number of nitrogens with zero attached hydrogens (tertiary/aromatic N) is 1. The van der Waals surface area contributed by atoms with Crippen molar-refractivity contribution in [3.8, 4) is 5.75 Å². The Kier molecular flexibility index (Phi) is 5.96. The normalized spacial score (nSPS) is 11.0. The molecule has 2 aromatic heterocycles. The first kappa shape index (κ1) is 20.3. The van der Waals surface area contributed by atoms with E-state index in [1.807, 2.05) is 55.6 Å². The maximum absolute atomic E-state index is 12.2. The number of benzene rings is 2. The molecular formula is C22H21N3O3S2.